The van der Waals surface area contributed by atoms with Crippen molar-refractivity contribution in [1.29, 1.82) is 0 Å². The van der Waals surface area contributed by atoms with E-state index in [-0.39, 0.29) is 5.52 Å². The van der Waals surface area contributed by atoms with Crippen molar-refractivity contribution in [3.05, 3.63) is 24.0 Å². The SMILES string of the molecule is Cc1nc2ccc(S(=O)(=O)C(F)(F)F)cc2[nH]1. The van der Waals surface area contributed by atoms with E-state index >= 15 is 0 Å². The van der Waals surface area contributed by atoms with E-state index in [1.165, 1.54) is 6.07 Å². The number of rotatable bonds is 1. The Kier molecular flexibility index (Phi) is 2.42. The highest BCUT2D eigenvalue weighted by atomic mass is 32.2. The second-order valence-corrected chi connectivity index (χ2v) is 5.39. The number of benzene rings is 1. The predicted molar refractivity (Wildman–Crippen MR) is 54.1 cm³/mol. The van der Waals surface area contributed by atoms with Crippen LogP contribution in [0, 0.1) is 6.92 Å². The lowest BCUT2D eigenvalue weighted by atomic mass is 10.3. The van der Waals surface area contributed by atoms with Gasteiger partial charge in [0.05, 0.1) is 15.9 Å². The molecule has 1 heterocycles. The number of aryl methyl sites for hydroxylation is 1. The van der Waals surface area contributed by atoms with E-state index in [1.54, 1.807) is 6.92 Å². The number of fused-ring (bicyclic) bond motifs is 1. The van der Waals surface area contributed by atoms with Gasteiger partial charge in [0, 0.05) is 0 Å². The van der Waals surface area contributed by atoms with Crippen LogP contribution in [0.25, 0.3) is 11.0 Å². The molecule has 2 aromatic rings. The third kappa shape index (κ3) is 1.88. The molecule has 0 saturated heterocycles. The molecule has 2 rings (SSSR count). The summed E-state index contributed by atoms with van der Waals surface area (Å²) in [5, 5.41) is 0. The summed E-state index contributed by atoms with van der Waals surface area (Å²) in [5.74, 6) is 0.501. The maximum absolute atomic E-state index is 12.3. The molecule has 0 spiro atoms. The van der Waals surface area contributed by atoms with Crippen molar-refractivity contribution in [1.82, 2.24) is 9.97 Å². The summed E-state index contributed by atoms with van der Waals surface area (Å²) in [4.78, 5) is 5.86. The molecule has 0 aliphatic carbocycles. The van der Waals surface area contributed by atoms with E-state index in [9.17, 15) is 21.6 Å². The van der Waals surface area contributed by atoms with Crippen LogP contribution in [0.5, 0.6) is 0 Å². The molecular weight excluding hydrogens is 257 g/mol. The van der Waals surface area contributed by atoms with Gasteiger partial charge in [-0.15, -0.1) is 0 Å². The summed E-state index contributed by atoms with van der Waals surface area (Å²) < 4.78 is 59.2. The van der Waals surface area contributed by atoms with Crippen LogP contribution >= 0.6 is 0 Å². The average Bonchev–Trinajstić information content (AvgIpc) is 2.54. The molecule has 0 aliphatic heterocycles. The standard InChI is InChI=1S/C9H7F3N2O2S/c1-5-13-7-3-2-6(4-8(7)14-5)17(15,16)9(10,11)12/h2-4H,1H3,(H,13,14). The second-order valence-electron chi connectivity index (χ2n) is 3.45. The molecule has 0 bridgehead atoms. The Morgan fingerprint density at radius 3 is 2.53 bits per heavy atom. The number of hydrogen-bond acceptors (Lipinski definition) is 3. The first kappa shape index (κ1) is 11.9. The highest BCUT2D eigenvalue weighted by molar-refractivity contribution is 7.92. The summed E-state index contributed by atoms with van der Waals surface area (Å²) in [6, 6.07) is 3.06. The Bertz CT molecular complexity index is 673. The molecule has 0 unspecified atom stereocenters. The number of nitrogens with one attached hydrogen (secondary N) is 1. The average molecular weight is 264 g/mol. The number of aromatic nitrogens is 2. The molecule has 0 aliphatic rings. The Morgan fingerprint density at radius 2 is 1.94 bits per heavy atom. The van der Waals surface area contributed by atoms with Gasteiger partial charge in [-0.3, -0.25) is 0 Å². The van der Waals surface area contributed by atoms with Crippen LogP contribution in [0.2, 0.25) is 0 Å². The van der Waals surface area contributed by atoms with E-state index < -0.39 is 20.2 Å². The largest absolute Gasteiger partial charge is 0.501 e. The molecule has 1 aromatic carbocycles. The number of sulfone groups is 1. The fourth-order valence-electron chi connectivity index (χ4n) is 1.42. The lowest BCUT2D eigenvalue weighted by molar-refractivity contribution is -0.0435. The van der Waals surface area contributed by atoms with Crippen LogP contribution in [0.3, 0.4) is 0 Å². The fourth-order valence-corrected chi connectivity index (χ4v) is 2.20. The van der Waals surface area contributed by atoms with Crippen LogP contribution in [0.1, 0.15) is 5.82 Å². The van der Waals surface area contributed by atoms with Crippen LogP contribution in [-0.4, -0.2) is 23.9 Å². The maximum Gasteiger partial charge on any atom is 0.501 e. The quantitative estimate of drug-likeness (QED) is 0.858. The van der Waals surface area contributed by atoms with Crippen molar-refractivity contribution in [3.63, 3.8) is 0 Å². The van der Waals surface area contributed by atoms with Gasteiger partial charge in [0.15, 0.2) is 0 Å². The summed E-state index contributed by atoms with van der Waals surface area (Å²) in [7, 11) is -5.31. The third-order valence-electron chi connectivity index (χ3n) is 2.19. The normalized spacial score (nSPS) is 13.2. The van der Waals surface area contributed by atoms with Gasteiger partial charge in [-0.05, 0) is 25.1 Å². The van der Waals surface area contributed by atoms with Gasteiger partial charge >= 0.3 is 5.51 Å². The Morgan fingerprint density at radius 1 is 1.29 bits per heavy atom. The number of halogens is 3. The molecule has 0 radical (unpaired) electrons. The maximum atomic E-state index is 12.3. The molecule has 1 N–H and O–H groups in total. The highest BCUT2D eigenvalue weighted by Crippen LogP contribution is 2.31. The summed E-state index contributed by atoms with van der Waals surface area (Å²) in [6.07, 6.45) is 0. The molecule has 17 heavy (non-hydrogen) atoms. The van der Waals surface area contributed by atoms with E-state index in [0.717, 1.165) is 12.1 Å². The summed E-state index contributed by atoms with van der Waals surface area (Å²) >= 11 is 0. The minimum Gasteiger partial charge on any atom is -0.342 e. The Labute approximate surface area is 94.4 Å². The van der Waals surface area contributed by atoms with E-state index in [1.807, 2.05) is 0 Å². The van der Waals surface area contributed by atoms with Crippen molar-refractivity contribution in [2.45, 2.75) is 17.3 Å². The molecule has 92 valence electrons. The fraction of sp³-hybridized carbons (Fsp3) is 0.222. The zero-order valence-electron chi connectivity index (χ0n) is 8.54. The van der Waals surface area contributed by atoms with Gasteiger partial charge in [0.1, 0.15) is 5.82 Å². The Balaban J connectivity index is 2.65. The van der Waals surface area contributed by atoms with Crippen molar-refractivity contribution >= 4 is 20.9 Å². The minimum atomic E-state index is -5.31. The van der Waals surface area contributed by atoms with Gasteiger partial charge in [-0.25, -0.2) is 13.4 Å². The zero-order valence-corrected chi connectivity index (χ0v) is 9.35. The number of aromatic amines is 1. The van der Waals surface area contributed by atoms with Crippen LogP contribution in [0.4, 0.5) is 13.2 Å². The summed E-state index contributed by atoms with van der Waals surface area (Å²) in [5.41, 5.74) is -4.62. The van der Waals surface area contributed by atoms with Gasteiger partial charge in [-0.1, -0.05) is 0 Å². The van der Waals surface area contributed by atoms with Gasteiger partial charge in [0.2, 0.25) is 0 Å². The van der Waals surface area contributed by atoms with Crippen molar-refractivity contribution in [3.8, 4) is 0 Å². The van der Waals surface area contributed by atoms with Crippen molar-refractivity contribution < 1.29 is 21.6 Å². The first-order valence-corrected chi connectivity index (χ1v) is 5.98. The second kappa shape index (κ2) is 3.46. The smallest absolute Gasteiger partial charge is 0.342 e. The minimum absolute atomic E-state index is 0.257. The molecule has 0 atom stereocenters. The molecule has 1 aromatic heterocycles. The highest BCUT2D eigenvalue weighted by Gasteiger charge is 2.46. The number of alkyl halides is 3. The lowest BCUT2D eigenvalue weighted by Gasteiger charge is -2.07. The van der Waals surface area contributed by atoms with Crippen LogP contribution in [-0.2, 0) is 9.84 Å². The summed E-state index contributed by atoms with van der Waals surface area (Å²) in [6.45, 7) is 1.62. The van der Waals surface area contributed by atoms with E-state index in [2.05, 4.69) is 9.97 Å². The number of nitrogens with zero attached hydrogens (tertiary/aromatic N) is 1. The molecule has 0 saturated carbocycles. The topological polar surface area (TPSA) is 62.8 Å². The predicted octanol–water partition coefficient (Wildman–Crippen LogP) is 2.16. The van der Waals surface area contributed by atoms with Crippen molar-refractivity contribution in [2.75, 3.05) is 0 Å². The zero-order chi connectivity index (χ0) is 12.8. The first-order chi connectivity index (χ1) is 7.72. The van der Waals surface area contributed by atoms with Crippen LogP contribution in [0.15, 0.2) is 23.1 Å². The number of hydrogen-bond donors (Lipinski definition) is 1. The van der Waals surface area contributed by atoms with Gasteiger partial charge in [-0.2, -0.15) is 13.2 Å². The van der Waals surface area contributed by atoms with Crippen molar-refractivity contribution in [2.24, 2.45) is 0 Å². The third-order valence-corrected chi connectivity index (χ3v) is 3.67. The Hall–Kier alpha value is -1.57. The lowest BCUT2D eigenvalue weighted by Crippen LogP contribution is -2.23. The number of H-pyrrole nitrogens is 1. The molecular formula is C9H7F3N2O2S. The monoisotopic (exact) mass is 264 g/mol. The van der Waals surface area contributed by atoms with Crippen LogP contribution < -0.4 is 0 Å². The molecule has 8 heteroatoms. The molecule has 0 fully saturated rings. The van der Waals surface area contributed by atoms with E-state index in [0.29, 0.717) is 11.3 Å². The number of imidazole rings is 1. The molecule has 0 amide bonds. The van der Waals surface area contributed by atoms with Gasteiger partial charge in [0.25, 0.3) is 9.84 Å². The first-order valence-electron chi connectivity index (χ1n) is 4.49. The van der Waals surface area contributed by atoms with E-state index in [4.69, 9.17) is 0 Å². The van der Waals surface area contributed by atoms with Gasteiger partial charge < -0.3 is 4.98 Å². The molecule has 4 nitrogen and oxygen atoms in total.